The van der Waals surface area contributed by atoms with Gasteiger partial charge in [0.1, 0.15) is 5.51 Å². The molecule has 2 heterocycles. The fraction of sp³-hybridized carbons (Fsp3) is 0.750. The minimum absolute atomic E-state index is 0.0207. The predicted octanol–water partition coefficient (Wildman–Crippen LogP) is 2.13. The molecule has 1 aromatic heterocycles. The molecule has 0 aliphatic carbocycles. The van der Waals surface area contributed by atoms with E-state index >= 15 is 0 Å². The Morgan fingerprint density at radius 1 is 1.33 bits per heavy atom. The Balaban J connectivity index is 1.87. The number of nitrogens with zero attached hydrogens (tertiary/aromatic N) is 3. The Morgan fingerprint density at radius 2 is 2.00 bits per heavy atom. The number of nitrogens with one attached hydrogen (secondary N) is 1. The van der Waals surface area contributed by atoms with Crippen LogP contribution in [0.4, 0.5) is 5.13 Å². The first-order chi connectivity index (χ1) is 8.77. The molecule has 18 heavy (non-hydrogen) atoms. The summed E-state index contributed by atoms with van der Waals surface area (Å²) in [6, 6.07) is -0.0907. The summed E-state index contributed by atoms with van der Waals surface area (Å²) < 4.78 is 0. The van der Waals surface area contributed by atoms with Crippen molar-refractivity contribution >= 4 is 22.4 Å². The second kappa shape index (κ2) is 6.80. The lowest BCUT2D eigenvalue weighted by Gasteiger charge is -2.29. The summed E-state index contributed by atoms with van der Waals surface area (Å²) in [5, 5.41) is 11.0. The van der Waals surface area contributed by atoms with E-state index in [0.717, 1.165) is 13.1 Å². The zero-order chi connectivity index (χ0) is 12.8. The molecular weight excluding hydrogens is 248 g/mol. The molecule has 1 aliphatic heterocycles. The van der Waals surface area contributed by atoms with E-state index in [2.05, 4.69) is 20.4 Å². The maximum Gasteiger partial charge on any atom is 0.243 e. The number of carbonyl (C=O) groups is 1. The van der Waals surface area contributed by atoms with E-state index in [9.17, 15) is 4.79 Å². The van der Waals surface area contributed by atoms with Gasteiger partial charge in [0.15, 0.2) is 0 Å². The van der Waals surface area contributed by atoms with Crippen molar-refractivity contribution in [3.63, 3.8) is 0 Å². The average molecular weight is 268 g/mol. The monoisotopic (exact) mass is 268 g/mol. The van der Waals surface area contributed by atoms with Crippen molar-refractivity contribution in [2.75, 3.05) is 18.4 Å². The fourth-order valence-electron chi connectivity index (χ4n) is 2.26. The van der Waals surface area contributed by atoms with Gasteiger partial charge in [0.2, 0.25) is 11.0 Å². The maximum absolute atomic E-state index is 12.1. The van der Waals surface area contributed by atoms with Crippen LogP contribution in [0.3, 0.4) is 0 Å². The molecule has 0 aromatic carbocycles. The predicted molar refractivity (Wildman–Crippen MR) is 72.7 cm³/mol. The van der Waals surface area contributed by atoms with Gasteiger partial charge in [0.25, 0.3) is 0 Å². The Labute approximate surface area is 112 Å². The number of anilines is 1. The van der Waals surface area contributed by atoms with Crippen molar-refractivity contribution in [2.24, 2.45) is 0 Å². The van der Waals surface area contributed by atoms with Crippen LogP contribution in [0.2, 0.25) is 0 Å². The molecule has 0 saturated carbocycles. The molecule has 2 rings (SSSR count). The Morgan fingerprint density at radius 3 is 2.61 bits per heavy atom. The first-order valence-electron chi connectivity index (χ1n) is 6.58. The highest BCUT2D eigenvalue weighted by Crippen LogP contribution is 2.14. The molecule has 0 bridgehead atoms. The van der Waals surface area contributed by atoms with Crippen molar-refractivity contribution in [1.29, 1.82) is 0 Å². The summed E-state index contributed by atoms with van der Waals surface area (Å²) in [5.74, 6) is 0.0207. The third-order valence-corrected chi connectivity index (χ3v) is 4.01. The number of amides is 1. The minimum Gasteiger partial charge on any atom is -0.299 e. The summed E-state index contributed by atoms with van der Waals surface area (Å²) in [4.78, 5) is 14.4. The highest BCUT2D eigenvalue weighted by atomic mass is 32.1. The van der Waals surface area contributed by atoms with E-state index < -0.39 is 0 Å². The first-order valence-corrected chi connectivity index (χ1v) is 7.46. The van der Waals surface area contributed by atoms with Gasteiger partial charge < -0.3 is 0 Å². The topological polar surface area (TPSA) is 58.1 Å². The molecule has 1 aromatic rings. The molecular formula is C12H20N4OS. The maximum atomic E-state index is 12.1. The van der Waals surface area contributed by atoms with Crippen molar-refractivity contribution in [3.8, 4) is 0 Å². The fourth-order valence-corrected chi connectivity index (χ4v) is 2.71. The van der Waals surface area contributed by atoms with Crippen LogP contribution in [0.15, 0.2) is 5.51 Å². The first kappa shape index (κ1) is 13.4. The normalized spacial score (nSPS) is 19.8. The molecule has 1 unspecified atom stereocenters. The molecule has 6 heteroatoms. The highest BCUT2D eigenvalue weighted by Gasteiger charge is 2.22. The summed E-state index contributed by atoms with van der Waals surface area (Å²) in [7, 11) is 0. The smallest absolute Gasteiger partial charge is 0.243 e. The molecule has 1 aliphatic rings. The second-order valence-corrected chi connectivity index (χ2v) is 5.55. The number of rotatable bonds is 3. The molecule has 100 valence electrons. The van der Waals surface area contributed by atoms with Gasteiger partial charge in [-0.3, -0.25) is 15.0 Å². The van der Waals surface area contributed by atoms with Crippen LogP contribution in [-0.4, -0.2) is 40.1 Å². The van der Waals surface area contributed by atoms with Crippen LogP contribution in [-0.2, 0) is 4.79 Å². The summed E-state index contributed by atoms with van der Waals surface area (Å²) in [6.45, 7) is 4.01. The Kier molecular flexibility index (Phi) is 5.07. The van der Waals surface area contributed by atoms with E-state index in [1.807, 2.05) is 6.92 Å². The molecule has 0 spiro atoms. The van der Waals surface area contributed by atoms with Crippen LogP contribution in [0.1, 0.15) is 39.0 Å². The van der Waals surface area contributed by atoms with Crippen molar-refractivity contribution < 1.29 is 4.79 Å². The Bertz CT molecular complexity index is 360. The van der Waals surface area contributed by atoms with Crippen molar-refractivity contribution in [2.45, 2.75) is 45.1 Å². The number of aromatic nitrogens is 2. The van der Waals surface area contributed by atoms with Crippen LogP contribution >= 0.6 is 11.3 Å². The van der Waals surface area contributed by atoms with Gasteiger partial charge in [-0.05, 0) is 32.9 Å². The molecule has 1 atom stereocenters. The lowest BCUT2D eigenvalue weighted by molar-refractivity contribution is -0.120. The largest absolute Gasteiger partial charge is 0.299 e. The molecule has 5 nitrogen and oxygen atoms in total. The number of likely N-dealkylation sites (tertiary alicyclic amines) is 1. The quantitative estimate of drug-likeness (QED) is 0.912. The lowest BCUT2D eigenvalue weighted by Crippen LogP contribution is -2.43. The Hall–Kier alpha value is -1.01. The molecule has 0 radical (unpaired) electrons. The van der Waals surface area contributed by atoms with Gasteiger partial charge in [-0.2, -0.15) is 0 Å². The zero-order valence-corrected chi connectivity index (χ0v) is 11.6. The van der Waals surface area contributed by atoms with Gasteiger partial charge in [-0.1, -0.05) is 30.6 Å². The van der Waals surface area contributed by atoms with Gasteiger partial charge in [0, 0.05) is 0 Å². The van der Waals surface area contributed by atoms with Crippen LogP contribution < -0.4 is 5.32 Å². The summed E-state index contributed by atoms with van der Waals surface area (Å²) in [5.41, 5.74) is 1.62. The van der Waals surface area contributed by atoms with Crippen molar-refractivity contribution in [3.05, 3.63) is 5.51 Å². The van der Waals surface area contributed by atoms with E-state index in [0.29, 0.717) is 5.13 Å². The SMILES string of the molecule is CC(C(=O)Nc1nncs1)N1CCCCCCC1. The van der Waals surface area contributed by atoms with Crippen LogP contribution in [0.25, 0.3) is 0 Å². The van der Waals surface area contributed by atoms with E-state index in [1.165, 1.54) is 43.4 Å². The van der Waals surface area contributed by atoms with E-state index in [1.54, 1.807) is 5.51 Å². The standard InChI is InChI=1S/C12H20N4OS/c1-10(11(17)14-12-15-13-9-18-12)16-7-5-3-2-4-6-8-16/h9-10H,2-8H2,1H3,(H,14,15,17). The number of carbonyl (C=O) groups excluding carboxylic acids is 1. The molecule has 1 N–H and O–H groups in total. The zero-order valence-electron chi connectivity index (χ0n) is 10.8. The second-order valence-electron chi connectivity index (χ2n) is 4.71. The highest BCUT2D eigenvalue weighted by molar-refractivity contribution is 7.13. The van der Waals surface area contributed by atoms with Gasteiger partial charge in [-0.15, -0.1) is 10.2 Å². The number of hydrogen-bond donors (Lipinski definition) is 1. The van der Waals surface area contributed by atoms with Gasteiger partial charge in [0.05, 0.1) is 6.04 Å². The third kappa shape index (κ3) is 3.74. The van der Waals surface area contributed by atoms with E-state index in [-0.39, 0.29) is 11.9 Å². The number of hydrogen-bond acceptors (Lipinski definition) is 5. The van der Waals surface area contributed by atoms with Gasteiger partial charge in [-0.25, -0.2) is 0 Å². The molecule has 1 saturated heterocycles. The average Bonchev–Trinajstić information content (AvgIpc) is 2.80. The van der Waals surface area contributed by atoms with Crippen molar-refractivity contribution in [1.82, 2.24) is 15.1 Å². The van der Waals surface area contributed by atoms with Crippen LogP contribution in [0.5, 0.6) is 0 Å². The lowest BCUT2D eigenvalue weighted by atomic mass is 10.1. The van der Waals surface area contributed by atoms with Gasteiger partial charge >= 0.3 is 0 Å². The summed E-state index contributed by atoms with van der Waals surface area (Å²) >= 11 is 1.35. The molecule has 1 amide bonds. The summed E-state index contributed by atoms with van der Waals surface area (Å²) in [6.07, 6.45) is 6.27. The third-order valence-electron chi connectivity index (χ3n) is 3.41. The van der Waals surface area contributed by atoms with Crippen LogP contribution in [0, 0.1) is 0 Å². The minimum atomic E-state index is -0.0907. The molecule has 1 fully saturated rings. The van der Waals surface area contributed by atoms with E-state index in [4.69, 9.17) is 0 Å².